The van der Waals surface area contributed by atoms with Gasteiger partial charge >= 0.3 is 0 Å². The molecule has 3 rings (SSSR count). The molecule has 0 atom stereocenters. The Bertz CT molecular complexity index is 479. The molecule has 2 aliphatic rings. The highest BCUT2D eigenvalue weighted by Crippen LogP contribution is 2.13. The van der Waals surface area contributed by atoms with Gasteiger partial charge in [0.25, 0.3) is 0 Å². The van der Waals surface area contributed by atoms with E-state index in [0.29, 0.717) is 19.5 Å². The number of carbonyl (C=O) groups is 2. The molecule has 2 aliphatic heterocycles. The molecule has 2 fully saturated rings. The summed E-state index contributed by atoms with van der Waals surface area (Å²) < 4.78 is 0. The summed E-state index contributed by atoms with van der Waals surface area (Å²) in [6.45, 7) is 4.41. The van der Waals surface area contributed by atoms with E-state index in [1.54, 1.807) is 0 Å². The summed E-state index contributed by atoms with van der Waals surface area (Å²) in [7, 11) is 0. The van der Waals surface area contributed by atoms with Gasteiger partial charge in [0.05, 0.1) is 26.2 Å². The van der Waals surface area contributed by atoms with Crippen molar-refractivity contribution in [2.45, 2.75) is 12.8 Å². The van der Waals surface area contributed by atoms with Crippen LogP contribution in [0.15, 0.2) is 30.3 Å². The summed E-state index contributed by atoms with van der Waals surface area (Å²) in [5.41, 5.74) is 1.25. The summed E-state index contributed by atoms with van der Waals surface area (Å²) in [5, 5.41) is 0. The van der Waals surface area contributed by atoms with Crippen molar-refractivity contribution in [2.75, 3.05) is 37.7 Å². The number of rotatable bonds is 3. The molecule has 1 N–H and O–H groups in total. The summed E-state index contributed by atoms with van der Waals surface area (Å²) in [6.07, 6.45) is 0.782. The number of nitrogens with one attached hydrogen (secondary N) is 1. The average Bonchev–Trinajstić information content (AvgIpc) is 2.81. The zero-order chi connectivity index (χ0) is 13.9. The molecule has 0 radical (unpaired) electrons. The Kier molecular flexibility index (Phi) is 3.69. The van der Waals surface area contributed by atoms with Crippen molar-refractivity contribution < 1.29 is 14.5 Å². The lowest BCUT2D eigenvalue weighted by molar-refractivity contribution is -0.907. The van der Waals surface area contributed by atoms with E-state index < -0.39 is 0 Å². The highest BCUT2D eigenvalue weighted by atomic mass is 16.2. The van der Waals surface area contributed by atoms with Gasteiger partial charge in [-0.3, -0.25) is 9.59 Å². The van der Waals surface area contributed by atoms with Crippen LogP contribution >= 0.6 is 0 Å². The lowest BCUT2D eigenvalue weighted by atomic mass is 10.2. The number of amides is 2. The van der Waals surface area contributed by atoms with Gasteiger partial charge in [-0.25, -0.2) is 4.90 Å². The summed E-state index contributed by atoms with van der Waals surface area (Å²) >= 11 is 0. The lowest BCUT2D eigenvalue weighted by Gasteiger charge is -2.34. The minimum Gasteiger partial charge on any atom is -0.360 e. The number of hydrogen-bond donors (Lipinski definition) is 1. The highest BCUT2D eigenvalue weighted by molar-refractivity contribution is 6.01. The number of benzene rings is 1. The number of anilines is 1. The second kappa shape index (κ2) is 5.63. The van der Waals surface area contributed by atoms with Crippen LogP contribution in [-0.2, 0) is 9.59 Å². The van der Waals surface area contributed by atoms with Crippen LogP contribution in [0.3, 0.4) is 0 Å². The van der Waals surface area contributed by atoms with Gasteiger partial charge in [0.15, 0.2) is 6.67 Å². The molecule has 1 aromatic rings. The van der Waals surface area contributed by atoms with Crippen molar-refractivity contribution in [3.05, 3.63) is 30.3 Å². The first-order chi connectivity index (χ1) is 9.74. The van der Waals surface area contributed by atoms with Gasteiger partial charge in [-0.2, -0.15) is 0 Å². The molecule has 0 saturated carbocycles. The van der Waals surface area contributed by atoms with Crippen molar-refractivity contribution in [2.24, 2.45) is 0 Å². The molecule has 0 aliphatic carbocycles. The van der Waals surface area contributed by atoms with Crippen LogP contribution in [0.5, 0.6) is 0 Å². The van der Waals surface area contributed by atoms with Gasteiger partial charge in [0.2, 0.25) is 11.8 Å². The first kappa shape index (κ1) is 13.1. The van der Waals surface area contributed by atoms with Crippen LogP contribution in [0.25, 0.3) is 0 Å². The Morgan fingerprint density at radius 1 is 0.950 bits per heavy atom. The molecule has 2 amide bonds. The third-order valence-electron chi connectivity index (χ3n) is 4.13. The number of piperazine rings is 1. The van der Waals surface area contributed by atoms with Gasteiger partial charge in [0.1, 0.15) is 0 Å². The number of quaternary nitrogens is 1. The molecule has 2 heterocycles. The topological polar surface area (TPSA) is 45.1 Å². The fourth-order valence-electron chi connectivity index (χ4n) is 2.90. The maximum absolute atomic E-state index is 11.6. The van der Waals surface area contributed by atoms with Crippen molar-refractivity contribution in [1.29, 1.82) is 0 Å². The average molecular weight is 274 g/mol. The molecule has 2 saturated heterocycles. The van der Waals surface area contributed by atoms with Crippen molar-refractivity contribution in [3.8, 4) is 0 Å². The Balaban J connectivity index is 1.54. The molecule has 0 spiro atoms. The Labute approximate surface area is 118 Å². The summed E-state index contributed by atoms with van der Waals surface area (Å²) in [4.78, 5) is 28.4. The lowest BCUT2D eigenvalue weighted by Crippen LogP contribution is -3.16. The van der Waals surface area contributed by atoms with Crippen molar-refractivity contribution in [3.63, 3.8) is 0 Å². The minimum absolute atomic E-state index is 0.00649. The highest BCUT2D eigenvalue weighted by Gasteiger charge is 2.33. The first-order valence-corrected chi connectivity index (χ1v) is 7.21. The van der Waals surface area contributed by atoms with Crippen LogP contribution in [0.1, 0.15) is 12.8 Å². The zero-order valence-corrected chi connectivity index (χ0v) is 11.5. The second-order valence-corrected chi connectivity index (χ2v) is 5.45. The maximum atomic E-state index is 11.6. The third kappa shape index (κ3) is 2.67. The van der Waals surface area contributed by atoms with E-state index >= 15 is 0 Å². The maximum Gasteiger partial charge on any atom is 0.234 e. The molecule has 20 heavy (non-hydrogen) atoms. The van der Waals surface area contributed by atoms with E-state index in [0.717, 1.165) is 26.2 Å². The number of imide groups is 1. The Morgan fingerprint density at radius 2 is 1.55 bits per heavy atom. The zero-order valence-electron chi connectivity index (χ0n) is 11.5. The smallest absolute Gasteiger partial charge is 0.234 e. The summed E-state index contributed by atoms with van der Waals surface area (Å²) in [6, 6.07) is 10.4. The minimum atomic E-state index is -0.00649. The molecule has 106 valence electrons. The van der Waals surface area contributed by atoms with Gasteiger partial charge in [0, 0.05) is 18.5 Å². The van der Waals surface area contributed by atoms with E-state index in [9.17, 15) is 9.59 Å². The Hall–Kier alpha value is -1.88. The predicted molar refractivity (Wildman–Crippen MR) is 75.3 cm³/mol. The monoisotopic (exact) mass is 274 g/mol. The molecule has 0 aromatic heterocycles. The molecule has 5 heteroatoms. The second-order valence-electron chi connectivity index (χ2n) is 5.45. The molecule has 5 nitrogen and oxygen atoms in total. The fraction of sp³-hybridized carbons (Fsp3) is 0.467. The first-order valence-electron chi connectivity index (χ1n) is 7.21. The summed E-state index contributed by atoms with van der Waals surface area (Å²) in [5.74, 6) is -0.0130. The Morgan fingerprint density at radius 3 is 2.15 bits per heavy atom. The number of hydrogen-bond acceptors (Lipinski definition) is 3. The van der Waals surface area contributed by atoms with E-state index in [2.05, 4.69) is 29.2 Å². The molecule has 0 bridgehead atoms. The number of para-hydroxylation sites is 1. The normalized spacial score (nSPS) is 20.8. The SMILES string of the molecule is O=C1CCC(=O)N1C[NH+]1CCN(c2ccccc2)CC1. The van der Waals surface area contributed by atoms with Gasteiger partial charge in [-0.15, -0.1) is 0 Å². The van der Waals surface area contributed by atoms with Crippen LogP contribution in [0, 0.1) is 0 Å². The van der Waals surface area contributed by atoms with Crippen LogP contribution in [-0.4, -0.2) is 49.6 Å². The van der Waals surface area contributed by atoms with Crippen molar-refractivity contribution >= 4 is 17.5 Å². The third-order valence-corrected chi connectivity index (χ3v) is 4.13. The van der Waals surface area contributed by atoms with Crippen LogP contribution < -0.4 is 9.80 Å². The van der Waals surface area contributed by atoms with Gasteiger partial charge < -0.3 is 9.80 Å². The van der Waals surface area contributed by atoms with Crippen LogP contribution in [0.2, 0.25) is 0 Å². The quantitative estimate of drug-likeness (QED) is 0.756. The standard InChI is InChI=1S/C15H19N3O2/c19-14-6-7-15(20)18(14)12-16-8-10-17(11-9-16)13-4-2-1-3-5-13/h1-5H,6-12H2/p+1. The largest absolute Gasteiger partial charge is 0.360 e. The fourth-order valence-corrected chi connectivity index (χ4v) is 2.90. The van der Waals surface area contributed by atoms with E-state index in [4.69, 9.17) is 0 Å². The molecule has 0 unspecified atom stereocenters. The van der Waals surface area contributed by atoms with E-state index in [1.165, 1.54) is 15.5 Å². The number of carbonyl (C=O) groups excluding carboxylic acids is 2. The van der Waals surface area contributed by atoms with Crippen LogP contribution in [0.4, 0.5) is 5.69 Å². The molecular weight excluding hydrogens is 254 g/mol. The number of likely N-dealkylation sites (tertiary alicyclic amines) is 1. The van der Waals surface area contributed by atoms with E-state index in [1.807, 2.05) is 6.07 Å². The van der Waals surface area contributed by atoms with Gasteiger partial charge in [-0.1, -0.05) is 18.2 Å². The number of nitrogens with zero attached hydrogens (tertiary/aromatic N) is 2. The van der Waals surface area contributed by atoms with E-state index in [-0.39, 0.29) is 11.8 Å². The predicted octanol–water partition coefficient (Wildman–Crippen LogP) is -0.502. The molecular formula is C15H20N3O2+. The molecule has 1 aromatic carbocycles. The van der Waals surface area contributed by atoms with Gasteiger partial charge in [-0.05, 0) is 12.1 Å². The van der Waals surface area contributed by atoms with Crippen molar-refractivity contribution in [1.82, 2.24) is 4.90 Å².